The van der Waals surface area contributed by atoms with Crippen LogP contribution in [0.2, 0.25) is 0 Å². The smallest absolute Gasteiger partial charge is 0.317 e. The van der Waals surface area contributed by atoms with E-state index in [2.05, 4.69) is 27.6 Å². The largest absolute Gasteiger partial charge is 0.497 e. The van der Waals surface area contributed by atoms with Crippen molar-refractivity contribution in [3.63, 3.8) is 0 Å². The first-order valence-corrected chi connectivity index (χ1v) is 12.1. The maximum atomic E-state index is 12.5. The van der Waals surface area contributed by atoms with E-state index in [9.17, 15) is 4.79 Å². The molecule has 7 nitrogen and oxygen atoms in total. The molecule has 1 aliphatic rings. The number of hydrogen-bond acceptors (Lipinski definition) is 6. The number of hydrogen-bond donors (Lipinski definition) is 1. The number of nitrogens with zero attached hydrogens (tertiary/aromatic N) is 3. The molecular weight excluding hydrogens is 436 g/mol. The van der Waals surface area contributed by atoms with E-state index in [1.807, 2.05) is 41.3 Å². The second-order valence-electron chi connectivity index (χ2n) is 8.15. The summed E-state index contributed by atoms with van der Waals surface area (Å²) in [6.07, 6.45) is 3.41. The summed E-state index contributed by atoms with van der Waals surface area (Å²) in [7, 11) is 3.33. The van der Waals surface area contributed by atoms with Gasteiger partial charge in [0, 0.05) is 32.0 Å². The van der Waals surface area contributed by atoms with E-state index in [0.29, 0.717) is 12.5 Å². The van der Waals surface area contributed by atoms with Gasteiger partial charge in [0.25, 0.3) is 0 Å². The molecule has 0 saturated carbocycles. The van der Waals surface area contributed by atoms with E-state index >= 15 is 0 Å². The molecule has 2 heterocycles. The number of ether oxygens (including phenoxy) is 2. The van der Waals surface area contributed by atoms with Gasteiger partial charge in [0.05, 0.1) is 14.2 Å². The zero-order chi connectivity index (χ0) is 23.0. The molecule has 2 aromatic carbocycles. The summed E-state index contributed by atoms with van der Waals surface area (Å²) in [5.41, 5.74) is 2.37. The van der Waals surface area contributed by atoms with Gasteiger partial charge in [-0.25, -0.2) is 4.79 Å². The number of carbonyl (C=O) groups is 1. The molecule has 0 bridgehead atoms. The molecule has 33 heavy (non-hydrogen) atoms. The van der Waals surface area contributed by atoms with Crippen molar-refractivity contribution in [2.75, 3.05) is 33.9 Å². The zero-order valence-electron chi connectivity index (χ0n) is 19.1. The quantitative estimate of drug-likeness (QED) is 0.536. The van der Waals surface area contributed by atoms with Gasteiger partial charge in [-0.15, -0.1) is 21.5 Å². The van der Waals surface area contributed by atoms with Crippen molar-refractivity contribution in [1.82, 2.24) is 20.4 Å². The van der Waals surface area contributed by atoms with Crippen LogP contribution in [-0.2, 0) is 12.8 Å². The number of piperidine rings is 1. The summed E-state index contributed by atoms with van der Waals surface area (Å²) in [5, 5.41) is 14.0. The maximum Gasteiger partial charge on any atom is 0.317 e. The number of aromatic nitrogens is 2. The van der Waals surface area contributed by atoms with Crippen molar-refractivity contribution in [2.24, 2.45) is 0 Å². The zero-order valence-corrected chi connectivity index (χ0v) is 19.9. The highest BCUT2D eigenvalue weighted by Crippen LogP contribution is 2.31. The average Bonchev–Trinajstić information content (AvgIpc) is 3.33. The van der Waals surface area contributed by atoms with Gasteiger partial charge >= 0.3 is 6.03 Å². The van der Waals surface area contributed by atoms with Gasteiger partial charge in [0.15, 0.2) is 0 Å². The Morgan fingerprint density at radius 3 is 2.18 bits per heavy atom. The lowest BCUT2D eigenvalue weighted by molar-refractivity contribution is 0.181. The lowest BCUT2D eigenvalue weighted by Gasteiger charge is -2.31. The molecule has 1 aliphatic heterocycles. The third-order valence-electron chi connectivity index (χ3n) is 5.98. The molecule has 2 amide bonds. The Kier molecular flexibility index (Phi) is 7.78. The third kappa shape index (κ3) is 6.22. The fourth-order valence-electron chi connectivity index (χ4n) is 3.97. The Balaban J connectivity index is 1.20. The second kappa shape index (κ2) is 11.1. The lowest BCUT2D eigenvalue weighted by Crippen LogP contribution is -2.44. The van der Waals surface area contributed by atoms with Crippen LogP contribution >= 0.6 is 11.3 Å². The van der Waals surface area contributed by atoms with Gasteiger partial charge in [-0.05, 0) is 54.7 Å². The van der Waals surface area contributed by atoms with Crippen LogP contribution in [-0.4, -0.2) is 55.0 Å². The fourth-order valence-corrected chi connectivity index (χ4v) is 5.01. The van der Waals surface area contributed by atoms with Gasteiger partial charge in [-0.3, -0.25) is 0 Å². The lowest BCUT2D eigenvalue weighted by atomic mass is 9.98. The molecule has 0 unspecified atom stereocenters. The predicted molar refractivity (Wildman–Crippen MR) is 129 cm³/mol. The summed E-state index contributed by atoms with van der Waals surface area (Å²) in [5.74, 6) is 2.07. The molecule has 1 fully saturated rings. The number of carbonyl (C=O) groups excluding carboxylic acids is 1. The highest BCUT2D eigenvalue weighted by atomic mass is 32.1. The van der Waals surface area contributed by atoms with E-state index in [-0.39, 0.29) is 6.03 Å². The van der Waals surface area contributed by atoms with Gasteiger partial charge in [0.1, 0.15) is 21.5 Å². The Bertz CT molecular complexity index is 1030. The summed E-state index contributed by atoms with van der Waals surface area (Å²) in [6, 6.07) is 16.0. The Hall–Kier alpha value is -3.13. The van der Waals surface area contributed by atoms with Crippen molar-refractivity contribution in [2.45, 2.75) is 31.6 Å². The summed E-state index contributed by atoms with van der Waals surface area (Å²) >= 11 is 1.69. The summed E-state index contributed by atoms with van der Waals surface area (Å²) in [6.45, 7) is 2.11. The summed E-state index contributed by atoms with van der Waals surface area (Å²) < 4.78 is 10.4. The van der Waals surface area contributed by atoms with Gasteiger partial charge in [0.2, 0.25) is 0 Å². The molecular formula is C25H30N4O3S. The number of benzene rings is 2. The standard InChI is InChI=1S/C25H30N4O3S/c1-31-21-7-3-18(4-8-21)11-14-26-25(30)29-15-12-20(13-16-29)24-28-27-23(33-24)17-19-5-9-22(32-2)10-6-19/h3-10,20H,11-17H2,1-2H3,(H,26,30). The van der Waals surface area contributed by atoms with Crippen LogP contribution in [0.25, 0.3) is 0 Å². The van der Waals surface area contributed by atoms with Crippen molar-refractivity contribution in [3.8, 4) is 11.5 Å². The molecule has 0 atom stereocenters. The number of urea groups is 1. The molecule has 1 N–H and O–H groups in total. The van der Waals surface area contributed by atoms with Crippen LogP contribution in [0.5, 0.6) is 11.5 Å². The Morgan fingerprint density at radius 2 is 1.58 bits per heavy atom. The van der Waals surface area contributed by atoms with Gasteiger partial charge in [-0.1, -0.05) is 24.3 Å². The monoisotopic (exact) mass is 466 g/mol. The molecule has 0 spiro atoms. The number of amides is 2. The Morgan fingerprint density at radius 1 is 0.970 bits per heavy atom. The number of rotatable bonds is 8. The van der Waals surface area contributed by atoms with Crippen molar-refractivity contribution < 1.29 is 14.3 Å². The van der Waals surface area contributed by atoms with Crippen LogP contribution in [0.15, 0.2) is 48.5 Å². The minimum atomic E-state index is 0.0134. The van der Waals surface area contributed by atoms with Crippen LogP contribution in [0.4, 0.5) is 4.79 Å². The van der Waals surface area contributed by atoms with Crippen molar-refractivity contribution in [1.29, 1.82) is 0 Å². The third-order valence-corrected chi connectivity index (χ3v) is 7.06. The summed E-state index contributed by atoms with van der Waals surface area (Å²) in [4.78, 5) is 14.5. The van der Waals surface area contributed by atoms with Crippen molar-refractivity contribution >= 4 is 17.4 Å². The van der Waals surface area contributed by atoms with Crippen LogP contribution in [0.3, 0.4) is 0 Å². The molecule has 0 radical (unpaired) electrons. The SMILES string of the molecule is COc1ccc(CCNC(=O)N2CCC(c3nnc(Cc4ccc(OC)cc4)s3)CC2)cc1. The molecule has 1 saturated heterocycles. The van der Waals surface area contributed by atoms with Gasteiger partial charge < -0.3 is 19.7 Å². The Labute approximate surface area is 198 Å². The van der Waals surface area contributed by atoms with Crippen LogP contribution < -0.4 is 14.8 Å². The first-order chi connectivity index (χ1) is 16.1. The highest BCUT2D eigenvalue weighted by Gasteiger charge is 2.26. The molecule has 8 heteroatoms. The molecule has 1 aromatic heterocycles. The molecule has 4 rings (SSSR count). The first kappa shape index (κ1) is 23.0. The fraction of sp³-hybridized carbons (Fsp3) is 0.400. The van der Waals surface area contributed by atoms with E-state index in [4.69, 9.17) is 9.47 Å². The number of likely N-dealkylation sites (tertiary alicyclic amines) is 1. The predicted octanol–water partition coefficient (Wildman–Crippen LogP) is 4.28. The van der Waals surface area contributed by atoms with E-state index in [1.54, 1.807) is 25.6 Å². The van der Waals surface area contributed by atoms with Crippen LogP contribution in [0, 0.1) is 0 Å². The second-order valence-corrected chi connectivity index (χ2v) is 9.24. The number of methoxy groups -OCH3 is 2. The van der Waals surface area contributed by atoms with Crippen molar-refractivity contribution in [3.05, 3.63) is 69.7 Å². The molecule has 3 aromatic rings. The maximum absolute atomic E-state index is 12.5. The average molecular weight is 467 g/mol. The normalized spacial score (nSPS) is 14.2. The van der Waals surface area contributed by atoms with Crippen LogP contribution in [0.1, 0.15) is 39.9 Å². The van der Waals surface area contributed by atoms with E-state index in [0.717, 1.165) is 60.3 Å². The van der Waals surface area contributed by atoms with E-state index in [1.165, 1.54) is 11.1 Å². The minimum absolute atomic E-state index is 0.0134. The molecule has 0 aliphatic carbocycles. The van der Waals surface area contributed by atoms with E-state index < -0.39 is 0 Å². The number of nitrogens with one attached hydrogen (secondary N) is 1. The highest BCUT2D eigenvalue weighted by molar-refractivity contribution is 7.11. The topological polar surface area (TPSA) is 76.6 Å². The van der Waals surface area contributed by atoms with Gasteiger partial charge in [-0.2, -0.15) is 0 Å². The first-order valence-electron chi connectivity index (χ1n) is 11.3. The molecule has 174 valence electrons. The minimum Gasteiger partial charge on any atom is -0.497 e.